The average Bonchev–Trinajstić information content (AvgIpc) is 3.39. The molecule has 15 heteroatoms. The van der Waals surface area contributed by atoms with Crippen molar-refractivity contribution in [2.45, 2.75) is 76.5 Å². The number of benzene rings is 2. The van der Waals surface area contributed by atoms with Crippen molar-refractivity contribution in [3.8, 4) is 0 Å². The average molecular weight is 707 g/mol. The van der Waals surface area contributed by atoms with Crippen LogP contribution in [0.2, 0.25) is 0 Å². The number of amides is 6. The van der Waals surface area contributed by atoms with Gasteiger partial charge in [0.15, 0.2) is 5.96 Å². The number of nitrogens with two attached hydrogens (primary N) is 3. The summed E-state index contributed by atoms with van der Waals surface area (Å²) in [6.45, 7) is 6.27. The summed E-state index contributed by atoms with van der Waals surface area (Å²) >= 11 is 0. The highest BCUT2D eigenvalue weighted by molar-refractivity contribution is 6.00. The molecule has 0 bridgehead atoms. The number of nitrogens with zero attached hydrogens (tertiary/aromatic N) is 2. The second-order valence-corrected chi connectivity index (χ2v) is 13.1. The zero-order chi connectivity index (χ0) is 37.2. The Morgan fingerprint density at radius 2 is 1.35 bits per heavy atom. The van der Waals surface area contributed by atoms with Crippen LogP contribution in [0.15, 0.2) is 65.7 Å². The summed E-state index contributed by atoms with van der Waals surface area (Å²) in [5.41, 5.74) is 18.8. The SMILES string of the molecule is CC(C)C[C@@H](NC(=O)[C@@H](Cc1ccccc1)NC(=O)[C@H](N)Cc1ccccc1)C(=O)N[C@H](CCCN=C(N)N)C(=O)NC(=O)N1CCCNCC1. The number of hydrogen-bond acceptors (Lipinski definition) is 8. The monoisotopic (exact) mass is 706 g/mol. The summed E-state index contributed by atoms with van der Waals surface area (Å²) < 4.78 is 0. The molecule has 0 aliphatic carbocycles. The maximum atomic E-state index is 13.9. The van der Waals surface area contributed by atoms with Gasteiger partial charge in [-0.15, -0.1) is 0 Å². The Morgan fingerprint density at radius 3 is 1.98 bits per heavy atom. The number of imide groups is 1. The van der Waals surface area contributed by atoms with E-state index in [1.165, 1.54) is 0 Å². The summed E-state index contributed by atoms with van der Waals surface area (Å²) in [4.78, 5) is 72.9. The Hall–Kier alpha value is -5.02. The van der Waals surface area contributed by atoms with Crippen LogP contribution in [0.25, 0.3) is 0 Å². The number of guanidine groups is 1. The third-order valence-electron chi connectivity index (χ3n) is 8.33. The van der Waals surface area contributed by atoms with Gasteiger partial charge in [-0.25, -0.2) is 4.79 Å². The molecule has 15 nitrogen and oxygen atoms in total. The highest BCUT2D eigenvalue weighted by Crippen LogP contribution is 2.11. The Labute approximate surface area is 299 Å². The van der Waals surface area contributed by atoms with Gasteiger partial charge in [-0.05, 0) is 55.7 Å². The van der Waals surface area contributed by atoms with E-state index < -0.39 is 53.8 Å². The molecule has 6 amide bonds. The fourth-order valence-electron chi connectivity index (χ4n) is 5.64. The number of aliphatic imine (C=N–C) groups is 1. The van der Waals surface area contributed by atoms with E-state index in [0.717, 1.165) is 24.1 Å². The van der Waals surface area contributed by atoms with Gasteiger partial charge in [0.2, 0.25) is 17.7 Å². The standard InChI is InChI=1S/C36H54N10O5/c1-24(2)21-29(33(49)42-28(15-9-17-41-35(38)39)32(48)45-36(51)46-19-10-16-40-18-20-46)44-34(50)30(23-26-13-7-4-8-14-26)43-31(47)27(37)22-25-11-5-3-6-12-25/h3-8,11-14,24,27-30,40H,9-10,15-23,37H2,1-2H3,(H,42,49)(H,43,47)(H,44,50)(H4,38,39,41)(H,45,48,51)/t27-,28-,29-,30-/m1/s1. The fraction of sp³-hybridized carbons (Fsp3) is 0.500. The minimum absolute atomic E-state index is 0.0325. The van der Waals surface area contributed by atoms with E-state index in [1.807, 2.05) is 74.5 Å². The first-order valence-electron chi connectivity index (χ1n) is 17.5. The molecule has 1 saturated heterocycles. The van der Waals surface area contributed by atoms with Gasteiger partial charge in [0, 0.05) is 32.6 Å². The van der Waals surface area contributed by atoms with Gasteiger partial charge in [-0.3, -0.25) is 29.5 Å². The molecule has 1 fully saturated rings. The van der Waals surface area contributed by atoms with Crippen molar-refractivity contribution in [1.82, 2.24) is 31.5 Å². The van der Waals surface area contributed by atoms with Gasteiger partial charge in [0.05, 0.1) is 6.04 Å². The predicted octanol–water partition coefficient (Wildman–Crippen LogP) is -0.115. The summed E-state index contributed by atoms with van der Waals surface area (Å²) in [5, 5.41) is 14.0. The van der Waals surface area contributed by atoms with Crippen LogP contribution in [0.5, 0.6) is 0 Å². The second-order valence-electron chi connectivity index (χ2n) is 13.1. The minimum atomic E-state index is -1.12. The number of carbonyl (C=O) groups is 5. The topological polar surface area (TPSA) is 239 Å². The molecule has 11 N–H and O–H groups in total. The zero-order valence-electron chi connectivity index (χ0n) is 29.6. The lowest BCUT2D eigenvalue weighted by Crippen LogP contribution is -2.59. The number of rotatable bonds is 17. The third kappa shape index (κ3) is 14.8. The van der Waals surface area contributed by atoms with Crippen molar-refractivity contribution in [3.05, 3.63) is 71.8 Å². The van der Waals surface area contributed by atoms with Gasteiger partial charge < -0.3 is 43.4 Å². The van der Waals surface area contributed by atoms with E-state index in [4.69, 9.17) is 17.2 Å². The number of nitrogens with one attached hydrogen (secondary N) is 5. The summed E-state index contributed by atoms with van der Waals surface area (Å²) in [7, 11) is 0. The molecular weight excluding hydrogens is 652 g/mol. The van der Waals surface area contributed by atoms with Crippen LogP contribution in [-0.2, 0) is 32.0 Å². The Morgan fingerprint density at radius 1 is 0.765 bits per heavy atom. The molecule has 1 aliphatic rings. The maximum Gasteiger partial charge on any atom is 0.324 e. The quantitative estimate of drug-likeness (QED) is 0.0621. The molecule has 0 radical (unpaired) electrons. The fourth-order valence-corrected chi connectivity index (χ4v) is 5.64. The lowest BCUT2D eigenvalue weighted by molar-refractivity contribution is -0.134. The number of urea groups is 1. The minimum Gasteiger partial charge on any atom is -0.370 e. The third-order valence-corrected chi connectivity index (χ3v) is 8.33. The molecular formula is C36H54N10O5. The first-order valence-corrected chi connectivity index (χ1v) is 17.5. The van der Waals surface area contributed by atoms with E-state index in [9.17, 15) is 24.0 Å². The van der Waals surface area contributed by atoms with E-state index in [0.29, 0.717) is 26.1 Å². The molecule has 2 aromatic carbocycles. The van der Waals surface area contributed by atoms with Crippen molar-refractivity contribution < 1.29 is 24.0 Å². The predicted molar refractivity (Wildman–Crippen MR) is 196 cm³/mol. The molecule has 51 heavy (non-hydrogen) atoms. The molecule has 4 atom stereocenters. The van der Waals surface area contributed by atoms with Crippen molar-refractivity contribution in [2.75, 3.05) is 32.7 Å². The van der Waals surface area contributed by atoms with Crippen molar-refractivity contribution in [2.24, 2.45) is 28.1 Å². The largest absolute Gasteiger partial charge is 0.370 e. The van der Waals surface area contributed by atoms with Crippen LogP contribution in [0.4, 0.5) is 4.79 Å². The van der Waals surface area contributed by atoms with Crippen molar-refractivity contribution >= 4 is 35.6 Å². The lowest BCUT2D eigenvalue weighted by atomic mass is 10.00. The van der Waals surface area contributed by atoms with Crippen LogP contribution >= 0.6 is 0 Å². The lowest BCUT2D eigenvalue weighted by Gasteiger charge is -2.27. The number of carbonyl (C=O) groups excluding carboxylic acids is 5. The van der Waals surface area contributed by atoms with Crippen molar-refractivity contribution in [3.63, 3.8) is 0 Å². The van der Waals surface area contributed by atoms with Crippen LogP contribution in [0, 0.1) is 5.92 Å². The molecule has 0 spiro atoms. The van der Waals surface area contributed by atoms with E-state index in [-0.39, 0.29) is 44.1 Å². The number of hydrogen-bond donors (Lipinski definition) is 8. The summed E-state index contributed by atoms with van der Waals surface area (Å²) in [6.07, 6.45) is 1.84. The molecule has 0 aromatic heterocycles. The molecule has 2 aromatic rings. The van der Waals surface area contributed by atoms with Gasteiger partial charge in [0.25, 0.3) is 5.91 Å². The molecule has 3 rings (SSSR count). The first-order chi connectivity index (χ1) is 24.4. The van der Waals surface area contributed by atoms with Crippen LogP contribution in [0.3, 0.4) is 0 Å². The van der Waals surface area contributed by atoms with Gasteiger partial charge in [-0.2, -0.15) is 0 Å². The maximum absolute atomic E-state index is 13.9. The van der Waals surface area contributed by atoms with Gasteiger partial charge >= 0.3 is 6.03 Å². The Kier molecular flexibility index (Phi) is 16.8. The molecule has 1 heterocycles. The second kappa shape index (κ2) is 21.3. The van der Waals surface area contributed by atoms with Crippen LogP contribution in [0.1, 0.15) is 50.7 Å². The van der Waals surface area contributed by atoms with E-state index in [1.54, 1.807) is 4.90 Å². The van der Waals surface area contributed by atoms with Gasteiger partial charge in [-0.1, -0.05) is 74.5 Å². The molecule has 0 unspecified atom stereocenters. The zero-order valence-corrected chi connectivity index (χ0v) is 29.6. The molecule has 0 saturated carbocycles. The van der Waals surface area contributed by atoms with Crippen molar-refractivity contribution in [1.29, 1.82) is 0 Å². The first kappa shape index (κ1) is 40.4. The van der Waals surface area contributed by atoms with Crippen LogP contribution in [-0.4, -0.2) is 97.4 Å². The highest BCUT2D eigenvalue weighted by atomic mass is 16.2. The van der Waals surface area contributed by atoms with E-state index >= 15 is 0 Å². The van der Waals surface area contributed by atoms with Crippen LogP contribution < -0.4 is 43.8 Å². The summed E-state index contributed by atoms with van der Waals surface area (Å²) in [5.74, 6) is -2.54. The molecule has 278 valence electrons. The molecule has 1 aliphatic heterocycles. The van der Waals surface area contributed by atoms with Gasteiger partial charge in [0.1, 0.15) is 18.1 Å². The smallest absolute Gasteiger partial charge is 0.324 e. The Balaban J connectivity index is 1.77. The van der Waals surface area contributed by atoms with E-state index in [2.05, 4.69) is 31.6 Å². The summed E-state index contributed by atoms with van der Waals surface area (Å²) in [6, 6.07) is 13.8. The highest BCUT2D eigenvalue weighted by Gasteiger charge is 2.32. The normalized spacial score (nSPS) is 15.3. The Bertz CT molecular complexity index is 1440.